The van der Waals surface area contributed by atoms with Gasteiger partial charge in [-0.3, -0.25) is 14.5 Å². The summed E-state index contributed by atoms with van der Waals surface area (Å²) >= 11 is 0.993. The van der Waals surface area contributed by atoms with Crippen molar-refractivity contribution in [2.75, 3.05) is 4.72 Å². The number of thiazole rings is 1. The van der Waals surface area contributed by atoms with Crippen LogP contribution in [0.1, 0.15) is 21.8 Å². The molecule has 0 aliphatic rings. The second kappa shape index (κ2) is 11.9. The maximum Gasteiger partial charge on any atom is 0.307 e. The standard InChI is InChI=1S/C32H28N4O6S2/c1-20-3-14-26(15-4-20)44(39,40)35-22-7-11-24(12-8-22)42-25-13-16-27-28(18-25)36(2)30(33-27)19-41-23-9-5-21(6-10-23)17-29-31(37)34-32(38)43-29/h3-16,18,35,37H,17,19H2,1-2H3,(H,34,38). The van der Waals surface area contributed by atoms with Gasteiger partial charge < -0.3 is 19.1 Å². The van der Waals surface area contributed by atoms with E-state index in [1.54, 1.807) is 48.5 Å². The molecular formula is C32H28N4O6S2. The Morgan fingerprint density at radius 2 is 1.61 bits per heavy atom. The second-order valence-corrected chi connectivity index (χ2v) is 12.9. The average Bonchev–Trinajstić information content (AvgIpc) is 3.49. The van der Waals surface area contributed by atoms with Crippen LogP contribution in [0.3, 0.4) is 0 Å². The Labute approximate surface area is 257 Å². The molecule has 3 N–H and O–H groups in total. The van der Waals surface area contributed by atoms with Crippen LogP contribution in [0.25, 0.3) is 11.0 Å². The van der Waals surface area contributed by atoms with Crippen LogP contribution in [0.4, 0.5) is 5.69 Å². The molecule has 12 heteroatoms. The molecule has 0 saturated heterocycles. The van der Waals surface area contributed by atoms with Crippen LogP contribution in [0, 0.1) is 6.92 Å². The minimum atomic E-state index is -3.70. The van der Waals surface area contributed by atoms with E-state index in [1.807, 2.05) is 61.0 Å². The van der Waals surface area contributed by atoms with Crippen LogP contribution >= 0.6 is 11.3 Å². The number of aromatic hydroxyl groups is 1. The van der Waals surface area contributed by atoms with Crippen LogP contribution in [0.5, 0.6) is 23.1 Å². The number of fused-ring (bicyclic) bond motifs is 1. The topological polar surface area (TPSA) is 136 Å². The fraction of sp³-hybridized carbons (Fsp3) is 0.125. The predicted molar refractivity (Wildman–Crippen MR) is 169 cm³/mol. The molecule has 0 bridgehead atoms. The van der Waals surface area contributed by atoms with Crippen molar-refractivity contribution in [3.05, 3.63) is 122 Å². The SMILES string of the molecule is Cc1ccc(S(=O)(=O)Nc2ccc(Oc3ccc4nc(COc5ccc(Cc6sc(=O)[nH]c6O)cc5)n(C)c4c3)cc2)cc1. The number of sulfonamides is 1. The molecule has 0 aliphatic carbocycles. The van der Waals surface area contributed by atoms with Gasteiger partial charge in [-0.15, -0.1) is 0 Å². The van der Waals surface area contributed by atoms with Crippen molar-refractivity contribution in [2.45, 2.75) is 24.8 Å². The van der Waals surface area contributed by atoms with Gasteiger partial charge in [-0.05, 0) is 73.2 Å². The molecule has 0 unspecified atom stereocenters. The lowest BCUT2D eigenvalue weighted by atomic mass is 10.1. The number of anilines is 1. The lowest BCUT2D eigenvalue weighted by Gasteiger charge is -2.10. The Morgan fingerprint density at radius 1 is 0.932 bits per heavy atom. The molecule has 2 aromatic heterocycles. The van der Waals surface area contributed by atoms with Gasteiger partial charge in [-0.25, -0.2) is 13.4 Å². The van der Waals surface area contributed by atoms with Gasteiger partial charge in [0.15, 0.2) is 0 Å². The Bertz CT molecular complexity index is 2100. The average molecular weight is 629 g/mol. The molecule has 10 nitrogen and oxygen atoms in total. The van der Waals surface area contributed by atoms with Gasteiger partial charge >= 0.3 is 4.87 Å². The summed E-state index contributed by atoms with van der Waals surface area (Å²) in [5.41, 5.74) is 4.01. The molecule has 6 rings (SSSR count). The first-order chi connectivity index (χ1) is 21.1. The van der Waals surface area contributed by atoms with Gasteiger partial charge in [0.1, 0.15) is 29.7 Å². The zero-order valence-electron chi connectivity index (χ0n) is 23.8. The van der Waals surface area contributed by atoms with Crippen molar-refractivity contribution in [2.24, 2.45) is 7.05 Å². The Kier molecular flexibility index (Phi) is 7.85. The van der Waals surface area contributed by atoms with Gasteiger partial charge in [-0.1, -0.05) is 41.2 Å². The molecule has 4 aromatic carbocycles. The van der Waals surface area contributed by atoms with Gasteiger partial charge in [0, 0.05) is 25.2 Å². The number of aryl methyl sites for hydroxylation is 2. The fourth-order valence-corrected chi connectivity index (χ4v) is 6.40. The molecule has 2 heterocycles. The molecule has 224 valence electrons. The number of benzene rings is 4. The quantitative estimate of drug-likeness (QED) is 0.167. The molecular weight excluding hydrogens is 601 g/mol. The Balaban J connectivity index is 1.08. The number of hydrogen-bond acceptors (Lipinski definition) is 8. The Morgan fingerprint density at radius 3 is 2.30 bits per heavy atom. The summed E-state index contributed by atoms with van der Waals surface area (Å²) in [6, 6.07) is 26.4. The van der Waals surface area contributed by atoms with E-state index in [1.165, 1.54) is 0 Å². The summed E-state index contributed by atoms with van der Waals surface area (Å²) in [5.74, 6) is 2.47. The van der Waals surface area contributed by atoms with Crippen LogP contribution < -0.4 is 19.1 Å². The van der Waals surface area contributed by atoms with E-state index in [0.29, 0.717) is 34.2 Å². The predicted octanol–water partition coefficient (Wildman–Crippen LogP) is 6.10. The van der Waals surface area contributed by atoms with Gasteiger partial charge in [-0.2, -0.15) is 0 Å². The van der Waals surface area contributed by atoms with Crippen molar-refractivity contribution in [3.8, 4) is 23.1 Å². The van der Waals surface area contributed by atoms with E-state index in [9.17, 15) is 18.3 Å². The van der Waals surface area contributed by atoms with Crippen molar-refractivity contribution < 1.29 is 23.0 Å². The number of rotatable bonds is 10. The number of nitrogens with zero attached hydrogens (tertiary/aromatic N) is 2. The van der Waals surface area contributed by atoms with Crippen molar-refractivity contribution in [1.82, 2.24) is 14.5 Å². The zero-order chi connectivity index (χ0) is 30.8. The highest BCUT2D eigenvalue weighted by Crippen LogP contribution is 2.28. The maximum atomic E-state index is 12.7. The first-order valence-electron chi connectivity index (χ1n) is 13.6. The maximum absolute atomic E-state index is 12.7. The van der Waals surface area contributed by atoms with Gasteiger partial charge in [0.25, 0.3) is 10.0 Å². The summed E-state index contributed by atoms with van der Waals surface area (Å²) < 4.78 is 41.9. The lowest BCUT2D eigenvalue weighted by molar-refractivity contribution is 0.292. The second-order valence-electron chi connectivity index (χ2n) is 10.2. The number of H-pyrrole nitrogens is 1. The summed E-state index contributed by atoms with van der Waals surface area (Å²) in [6.07, 6.45) is 0.446. The summed E-state index contributed by atoms with van der Waals surface area (Å²) in [5, 5.41) is 9.81. The van der Waals surface area contributed by atoms with Crippen molar-refractivity contribution in [3.63, 3.8) is 0 Å². The largest absolute Gasteiger partial charge is 0.494 e. The third-order valence-corrected chi connectivity index (χ3v) is 9.24. The number of nitrogens with one attached hydrogen (secondary N) is 2. The molecule has 0 spiro atoms. The molecule has 0 atom stereocenters. The highest BCUT2D eigenvalue weighted by Gasteiger charge is 2.15. The van der Waals surface area contributed by atoms with Crippen LogP contribution in [-0.2, 0) is 30.1 Å². The van der Waals surface area contributed by atoms with E-state index < -0.39 is 10.0 Å². The highest BCUT2D eigenvalue weighted by molar-refractivity contribution is 7.92. The number of aromatic amines is 1. The Hall–Kier alpha value is -5.07. The van der Waals surface area contributed by atoms with Crippen LogP contribution in [0.15, 0.2) is 101 Å². The van der Waals surface area contributed by atoms with Crippen molar-refractivity contribution in [1.29, 1.82) is 0 Å². The summed E-state index contributed by atoms with van der Waals surface area (Å²) in [6.45, 7) is 2.15. The summed E-state index contributed by atoms with van der Waals surface area (Å²) in [4.78, 5) is 19.0. The van der Waals surface area contributed by atoms with E-state index in [-0.39, 0.29) is 22.3 Å². The molecule has 0 fully saturated rings. The summed E-state index contributed by atoms with van der Waals surface area (Å²) in [7, 11) is -1.79. The molecule has 0 saturated carbocycles. The number of ether oxygens (including phenoxy) is 2. The minimum absolute atomic E-state index is 0.0897. The van der Waals surface area contributed by atoms with Gasteiger partial charge in [0.2, 0.25) is 5.88 Å². The zero-order valence-corrected chi connectivity index (χ0v) is 25.4. The van der Waals surface area contributed by atoms with Crippen LogP contribution in [0.2, 0.25) is 0 Å². The number of hydrogen-bond donors (Lipinski definition) is 3. The molecule has 0 aliphatic heterocycles. The first-order valence-corrected chi connectivity index (χ1v) is 15.9. The molecule has 0 radical (unpaired) electrons. The van der Waals surface area contributed by atoms with Crippen LogP contribution in [-0.4, -0.2) is 28.1 Å². The van der Waals surface area contributed by atoms with Gasteiger partial charge in [0.05, 0.1) is 20.8 Å². The molecule has 44 heavy (non-hydrogen) atoms. The highest BCUT2D eigenvalue weighted by atomic mass is 32.2. The third-order valence-electron chi connectivity index (χ3n) is 6.97. The van der Waals surface area contributed by atoms with E-state index in [2.05, 4.69) is 9.71 Å². The van der Waals surface area contributed by atoms with E-state index in [0.717, 1.165) is 39.3 Å². The fourth-order valence-electron chi connectivity index (χ4n) is 4.58. The number of imidazole rings is 1. The van der Waals surface area contributed by atoms with E-state index >= 15 is 0 Å². The monoisotopic (exact) mass is 628 g/mol. The van der Waals surface area contributed by atoms with Crippen molar-refractivity contribution >= 4 is 38.1 Å². The smallest absolute Gasteiger partial charge is 0.307 e. The normalized spacial score (nSPS) is 11.5. The van der Waals surface area contributed by atoms with E-state index in [4.69, 9.17) is 14.5 Å². The lowest BCUT2D eigenvalue weighted by Crippen LogP contribution is -2.12. The third kappa shape index (κ3) is 6.46. The minimum Gasteiger partial charge on any atom is -0.494 e. The molecule has 0 amide bonds. The number of aromatic nitrogens is 3. The molecule has 6 aromatic rings. The first kappa shape index (κ1) is 29.0.